The number of rotatable bonds is 2. The lowest BCUT2D eigenvalue weighted by atomic mass is 9.85. The van der Waals surface area contributed by atoms with Gasteiger partial charge in [-0.1, -0.05) is 12.1 Å². The maximum Gasteiger partial charge on any atom is 0.227 e. The lowest BCUT2D eigenvalue weighted by Gasteiger charge is -2.47. The summed E-state index contributed by atoms with van der Waals surface area (Å²) < 4.78 is 6.17. The van der Waals surface area contributed by atoms with Gasteiger partial charge in [-0.15, -0.1) is 12.4 Å². The van der Waals surface area contributed by atoms with Gasteiger partial charge in [0.2, 0.25) is 5.91 Å². The molecule has 4 rings (SSSR count). The summed E-state index contributed by atoms with van der Waals surface area (Å²) in [7, 11) is 0. The van der Waals surface area contributed by atoms with Gasteiger partial charge in [-0.05, 0) is 43.4 Å². The minimum Gasteiger partial charge on any atom is -0.508 e. The first-order chi connectivity index (χ1) is 11.1. The number of carbonyl (C=O) groups excluding carboxylic acids is 1. The molecule has 3 saturated heterocycles. The Morgan fingerprint density at radius 1 is 1.25 bits per heavy atom. The van der Waals surface area contributed by atoms with Crippen LogP contribution in [-0.4, -0.2) is 53.3 Å². The van der Waals surface area contributed by atoms with E-state index in [-0.39, 0.29) is 29.7 Å². The summed E-state index contributed by atoms with van der Waals surface area (Å²) in [5, 5.41) is 13.0. The van der Waals surface area contributed by atoms with E-state index >= 15 is 0 Å². The number of morpholine rings is 1. The van der Waals surface area contributed by atoms with Crippen LogP contribution in [0.25, 0.3) is 0 Å². The van der Waals surface area contributed by atoms with E-state index in [2.05, 4.69) is 5.32 Å². The number of amides is 1. The lowest BCUT2D eigenvalue weighted by Crippen LogP contribution is -2.60. The van der Waals surface area contributed by atoms with Gasteiger partial charge >= 0.3 is 0 Å². The van der Waals surface area contributed by atoms with Crippen molar-refractivity contribution < 1.29 is 14.6 Å². The molecular weight excluding hydrogens is 328 g/mol. The first kappa shape index (κ1) is 17.5. The molecule has 3 fully saturated rings. The van der Waals surface area contributed by atoms with Crippen molar-refractivity contribution in [2.45, 2.75) is 49.8 Å². The van der Waals surface area contributed by atoms with E-state index in [1.807, 2.05) is 17.0 Å². The summed E-state index contributed by atoms with van der Waals surface area (Å²) >= 11 is 0. The molecule has 3 heterocycles. The van der Waals surface area contributed by atoms with E-state index in [0.29, 0.717) is 31.7 Å². The summed E-state index contributed by atoms with van der Waals surface area (Å²) in [6, 6.07) is 8.01. The van der Waals surface area contributed by atoms with Crippen LogP contribution < -0.4 is 5.32 Å². The number of ether oxygens (including phenoxy) is 1. The van der Waals surface area contributed by atoms with E-state index in [1.54, 1.807) is 12.1 Å². The molecule has 1 aromatic rings. The number of phenolic OH excluding ortho intramolecular Hbond substituents is 1. The van der Waals surface area contributed by atoms with Gasteiger partial charge in [0.25, 0.3) is 0 Å². The zero-order valence-electron chi connectivity index (χ0n) is 13.7. The van der Waals surface area contributed by atoms with Crippen LogP contribution >= 0.6 is 12.4 Å². The van der Waals surface area contributed by atoms with Crippen molar-refractivity contribution in [3.8, 4) is 5.75 Å². The molecule has 0 aliphatic carbocycles. The zero-order valence-corrected chi connectivity index (χ0v) is 14.6. The molecule has 0 saturated carbocycles. The van der Waals surface area contributed by atoms with Gasteiger partial charge in [0, 0.05) is 25.2 Å². The first-order valence-corrected chi connectivity index (χ1v) is 8.58. The van der Waals surface area contributed by atoms with Gasteiger partial charge in [0.1, 0.15) is 5.75 Å². The number of aromatic hydroxyl groups is 1. The van der Waals surface area contributed by atoms with Crippen molar-refractivity contribution in [2.75, 3.05) is 19.7 Å². The van der Waals surface area contributed by atoms with Crippen LogP contribution in [0, 0.1) is 0 Å². The van der Waals surface area contributed by atoms with Gasteiger partial charge in [-0.3, -0.25) is 4.79 Å². The fourth-order valence-corrected chi connectivity index (χ4v) is 4.41. The normalized spacial score (nSPS) is 31.8. The van der Waals surface area contributed by atoms with Crippen LogP contribution in [0.3, 0.4) is 0 Å². The molecule has 24 heavy (non-hydrogen) atoms. The van der Waals surface area contributed by atoms with Crippen LogP contribution in [0.5, 0.6) is 5.75 Å². The van der Waals surface area contributed by atoms with Crippen molar-refractivity contribution in [2.24, 2.45) is 0 Å². The van der Waals surface area contributed by atoms with Gasteiger partial charge in [-0.2, -0.15) is 0 Å². The fourth-order valence-electron chi connectivity index (χ4n) is 4.41. The molecule has 0 radical (unpaired) electrons. The highest BCUT2D eigenvalue weighted by atomic mass is 35.5. The summed E-state index contributed by atoms with van der Waals surface area (Å²) in [6.07, 6.45) is 4.90. The molecule has 132 valence electrons. The number of fused-ring (bicyclic) bond motifs is 2. The van der Waals surface area contributed by atoms with Gasteiger partial charge in [0.15, 0.2) is 0 Å². The Morgan fingerprint density at radius 2 is 1.92 bits per heavy atom. The number of hydrogen-bond acceptors (Lipinski definition) is 4. The predicted molar refractivity (Wildman–Crippen MR) is 93.5 cm³/mol. The Labute approximate surface area is 148 Å². The largest absolute Gasteiger partial charge is 0.508 e. The Balaban J connectivity index is 0.00000169. The van der Waals surface area contributed by atoms with Crippen LogP contribution in [0.1, 0.15) is 31.2 Å². The monoisotopic (exact) mass is 352 g/mol. The molecular formula is C18H25ClN2O3. The van der Waals surface area contributed by atoms with Crippen LogP contribution in [-0.2, 0) is 16.0 Å². The second kappa shape index (κ2) is 6.90. The molecule has 1 aromatic carbocycles. The molecule has 5 nitrogen and oxygen atoms in total. The van der Waals surface area contributed by atoms with E-state index < -0.39 is 0 Å². The van der Waals surface area contributed by atoms with Gasteiger partial charge in [-0.25, -0.2) is 0 Å². The maximum atomic E-state index is 12.6. The fraction of sp³-hybridized carbons (Fsp3) is 0.611. The third kappa shape index (κ3) is 3.53. The molecule has 2 N–H and O–H groups in total. The smallest absolute Gasteiger partial charge is 0.227 e. The Hall–Kier alpha value is -1.30. The summed E-state index contributed by atoms with van der Waals surface area (Å²) in [5.74, 6) is 0.390. The Kier molecular flexibility index (Phi) is 5.04. The summed E-state index contributed by atoms with van der Waals surface area (Å²) in [4.78, 5) is 14.6. The number of halogens is 1. The highest BCUT2D eigenvalue weighted by Gasteiger charge is 2.47. The maximum absolute atomic E-state index is 12.6. The molecule has 0 aromatic heterocycles. The van der Waals surface area contributed by atoms with E-state index in [1.165, 1.54) is 12.8 Å². The van der Waals surface area contributed by atoms with Gasteiger partial charge in [0.05, 0.1) is 18.6 Å². The summed E-state index contributed by atoms with van der Waals surface area (Å²) in [6.45, 7) is 2.04. The first-order valence-electron chi connectivity index (χ1n) is 8.58. The number of phenols is 1. The average Bonchev–Trinajstić information content (AvgIpc) is 2.89. The number of piperidine rings is 1. The molecule has 1 amide bonds. The van der Waals surface area contributed by atoms with Crippen LogP contribution in [0.4, 0.5) is 0 Å². The molecule has 6 heteroatoms. The van der Waals surface area contributed by atoms with E-state index in [4.69, 9.17) is 4.74 Å². The molecule has 3 aliphatic heterocycles. The number of nitrogens with one attached hydrogen (secondary N) is 1. The van der Waals surface area contributed by atoms with Crippen molar-refractivity contribution in [1.82, 2.24) is 10.2 Å². The Morgan fingerprint density at radius 3 is 2.58 bits per heavy atom. The number of benzene rings is 1. The topological polar surface area (TPSA) is 61.8 Å². The van der Waals surface area contributed by atoms with Crippen molar-refractivity contribution in [1.29, 1.82) is 0 Å². The molecule has 1 spiro atoms. The third-order valence-corrected chi connectivity index (χ3v) is 5.46. The van der Waals surface area contributed by atoms with Crippen LogP contribution in [0.2, 0.25) is 0 Å². The second-order valence-electron chi connectivity index (χ2n) is 7.24. The number of carbonyl (C=O) groups is 1. The van der Waals surface area contributed by atoms with E-state index in [9.17, 15) is 9.90 Å². The number of nitrogens with zero attached hydrogens (tertiary/aromatic N) is 1. The third-order valence-electron chi connectivity index (χ3n) is 5.46. The molecule has 3 atom stereocenters. The standard InChI is InChI=1S/C18H24N2O3.ClH/c21-16-5-1-13(2-6-16)9-17(22)20-7-8-23-18(12-20)10-14-3-4-15(11-18)19-14;/h1-2,5-6,14-15,19,21H,3-4,7-12H2;1H/t14-,15+,18?;. The van der Waals surface area contributed by atoms with Gasteiger partial charge < -0.3 is 20.1 Å². The van der Waals surface area contributed by atoms with Crippen molar-refractivity contribution >= 4 is 18.3 Å². The minimum absolute atomic E-state index is 0. The SMILES string of the molecule is Cl.O=C(Cc1ccc(O)cc1)N1CCOC2(C[C@H]3CC[C@@H](C2)N3)C1. The highest BCUT2D eigenvalue weighted by Crippen LogP contribution is 2.38. The molecule has 3 aliphatic rings. The predicted octanol–water partition coefficient (Wildman–Crippen LogP) is 1.87. The summed E-state index contributed by atoms with van der Waals surface area (Å²) in [5.41, 5.74) is 0.804. The lowest BCUT2D eigenvalue weighted by molar-refractivity contribution is -0.157. The molecule has 1 unspecified atom stereocenters. The quantitative estimate of drug-likeness (QED) is 0.853. The molecule has 2 bridgehead atoms. The minimum atomic E-state index is -0.139. The van der Waals surface area contributed by atoms with Crippen molar-refractivity contribution in [3.05, 3.63) is 29.8 Å². The highest BCUT2D eigenvalue weighted by molar-refractivity contribution is 5.85. The van der Waals surface area contributed by atoms with E-state index in [0.717, 1.165) is 24.9 Å². The Bertz CT molecular complexity index is 580. The average molecular weight is 353 g/mol. The van der Waals surface area contributed by atoms with Crippen LogP contribution in [0.15, 0.2) is 24.3 Å². The number of hydrogen-bond donors (Lipinski definition) is 2. The second-order valence-corrected chi connectivity index (χ2v) is 7.24. The zero-order chi connectivity index (χ0) is 15.9. The van der Waals surface area contributed by atoms with Crippen molar-refractivity contribution in [3.63, 3.8) is 0 Å².